The summed E-state index contributed by atoms with van der Waals surface area (Å²) in [5.74, 6) is 0.201. The summed E-state index contributed by atoms with van der Waals surface area (Å²) in [6, 6.07) is 2.62. The molecule has 0 saturated heterocycles. The Balaban J connectivity index is 3.55. The molecular formula is C13H21N3O4S. The molecule has 0 aliphatic carbocycles. The SMILES string of the molecule is COc1c(NC(N)=O)cc(C(C)(C)C)cc1NS(C)(=O)=O. The number of urea groups is 1. The molecule has 1 rings (SSSR count). The Morgan fingerprint density at radius 1 is 1.24 bits per heavy atom. The Labute approximate surface area is 124 Å². The van der Waals surface area contributed by atoms with Crippen LogP contribution in [0.2, 0.25) is 0 Å². The number of nitrogens with one attached hydrogen (secondary N) is 2. The lowest BCUT2D eigenvalue weighted by atomic mass is 9.86. The Bertz CT molecular complexity index is 648. The number of anilines is 2. The fourth-order valence-corrected chi connectivity index (χ4v) is 2.33. The second-order valence-corrected chi connectivity index (χ2v) is 7.47. The van der Waals surface area contributed by atoms with Crippen LogP contribution in [0.3, 0.4) is 0 Å². The van der Waals surface area contributed by atoms with E-state index in [9.17, 15) is 13.2 Å². The van der Waals surface area contributed by atoms with Crippen molar-refractivity contribution in [2.24, 2.45) is 5.73 Å². The molecule has 7 nitrogen and oxygen atoms in total. The van der Waals surface area contributed by atoms with Gasteiger partial charge in [-0.15, -0.1) is 0 Å². The van der Waals surface area contributed by atoms with Gasteiger partial charge in [0, 0.05) is 0 Å². The van der Waals surface area contributed by atoms with Crippen LogP contribution in [0.1, 0.15) is 26.3 Å². The molecule has 0 radical (unpaired) electrons. The minimum atomic E-state index is -3.49. The molecule has 0 heterocycles. The standard InChI is InChI=1S/C13H21N3O4S/c1-13(2,3)8-6-9(15-12(14)17)11(20-4)10(7-8)16-21(5,18)19/h6-7,16H,1-5H3,(H3,14,15,17). The van der Waals surface area contributed by atoms with Crippen molar-refractivity contribution in [1.29, 1.82) is 0 Å². The van der Waals surface area contributed by atoms with Crippen molar-refractivity contribution >= 4 is 27.4 Å². The maximum atomic E-state index is 11.5. The van der Waals surface area contributed by atoms with E-state index in [0.717, 1.165) is 11.8 Å². The predicted molar refractivity (Wildman–Crippen MR) is 83.4 cm³/mol. The summed E-state index contributed by atoms with van der Waals surface area (Å²) in [5, 5.41) is 2.44. The fraction of sp³-hybridized carbons (Fsp3) is 0.462. The average molecular weight is 315 g/mol. The van der Waals surface area contributed by atoms with Gasteiger partial charge >= 0.3 is 6.03 Å². The second kappa shape index (κ2) is 5.80. The van der Waals surface area contributed by atoms with Gasteiger partial charge in [0.1, 0.15) is 0 Å². The normalized spacial score (nSPS) is 11.9. The molecule has 0 unspecified atom stereocenters. The number of primary amides is 1. The van der Waals surface area contributed by atoms with Crippen LogP contribution < -0.4 is 20.5 Å². The monoisotopic (exact) mass is 315 g/mol. The number of ether oxygens (including phenoxy) is 1. The summed E-state index contributed by atoms with van der Waals surface area (Å²) >= 11 is 0. The van der Waals surface area contributed by atoms with Gasteiger partial charge in [-0.05, 0) is 23.1 Å². The minimum absolute atomic E-state index is 0.201. The number of amides is 2. The largest absolute Gasteiger partial charge is 0.492 e. The molecule has 4 N–H and O–H groups in total. The quantitative estimate of drug-likeness (QED) is 0.787. The summed E-state index contributed by atoms with van der Waals surface area (Å²) in [4.78, 5) is 11.1. The molecule has 1 aromatic carbocycles. The third kappa shape index (κ3) is 4.82. The van der Waals surface area contributed by atoms with Crippen LogP contribution in [-0.4, -0.2) is 27.8 Å². The van der Waals surface area contributed by atoms with Crippen molar-refractivity contribution < 1.29 is 17.9 Å². The highest BCUT2D eigenvalue weighted by atomic mass is 32.2. The molecule has 0 aliphatic rings. The van der Waals surface area contributed by atoms with Gasteiger partial charge in [-0.25, -0.2) is 13.2 Å². The number of rotatable bonds is 4. The third-order valence-electron chi connectivity index (χ3n) is 2.71. The molecule has 2 amide bonds. The topological polar surface area (TPSA) is 111 Å². The Kier molecular flexibility index (Phi) is 4.72. The van der Waals surface area contributed by atoms with Crippen LogP contribution >= 0.6 is 0 Å². The molecule has 0 spiro atoms. The van der Waals surface area contributed by atoms with Gasteiger partial charge in [-0.2, -0.15) is 0 Å². The number of sulfonamides is 1. The van der Waals surface area contributed by atoms with E-state index in [2.05, 4.69) is 10.0 Å². The van der Waals surface area contributed by atoms with Crippen molar-refractivity contribution in [3.63, 3.8) is 0 Å². The van der Waals surface area contributed by atoms with E-state index >= 15 is 0 Å². The van der Waals surface area contributed by atoms with Crippen molar-refractivity contribution in [3.05, 3.63) is 17.7 Å². The smallest absolute Gasteiger partial charge is 0.316 e. The van der Waals surface area contributed by atoms with Crippen LogP contribution in [-0.2, 0) is 15.4 Å². The zero-order valence-electron chi connectivity index (χ0n) is 12.8. The minimum Gasteiger partial charge on any atom is -0.492 e. The van der Waals surface area contributed by atoms with Crippen molar-refractivity contribution in [2.45, 2.75) is 26.2 Å². The number of nitrogens with two attached hydrogens (primary N) is 1. The number of benzene rings is 1. The van der Waals surface area contributed by atoms with Gasteiger partial charge in [-0.1, -0.05) is 20.8 Å². The molecular weight excluding hydrogens is 294 g/mol. The molecule has 0 aromatic heterocycles. The van der Waals surface area contributed by atoms with Crippen LogP contribution in [0, 0.1) is 0 Å². The second-order valence-electron chi connectivity index (χ2n) is 5.72. The summed E-state index contributed by atoms with van der Waals surface area (Å²) in [5.41, 5.74) is 6.26. The Hall–Kier alpha value is -1.96. The molecule has 0 fully saturated rings. The Morgan fingerprint density at radius 2 is 1.76 bits per heavy atom. The van der Waals surface area contributed by atoms with Crippen molar-refractivity contribution in [3.8, 4) is 5.75 Å². The first-order chi connectivity index (χ1) is 9.44. The lowest BCUT2D eigenvalue weighted by molar-refractivity contribution is 0.259. The molecule has 8 heteroatoms. The van der Waals surface area contributed by atoms with Crippen LogP contribution in [0.5, 0.6) is 5.75 Å². The summed E-state index contributed by atoms with van der Waals surface area (Å²) < 4.78 is 30.5. The third-order valence-corrected chi connectivity index (χ3v) is 3.30. The molecule has 21 heavy (non-hydrogen) atoms. The molecule has 0 bridgehead atoms. The first kappa shape index (κ1) is 17.1. The molecule has 0 saturated carbocycles. The summed E-state index contributed by atoms with van der Waals surface area (Å²) in [6.45, 7) is 5.90. The first-order valence-electron chi connectivity index (χ1n) is 6.21. The zero-order valence-corrected chi connectivity index (χ0v) is 13.6. The van der Waals surface area contributed by atoms with E-state index in [1.807, 2.05) is 20.8 Å². The first-order valence-corrected chi connectivity index (χ1v) is 8.10. The maximum absolute atomic E-state index is 11.5. The van der Waals surface area contributed by atoms with E-state index in [1.165, 1.54) is 7.11 Å². The highest BCUT2D eigenvalue weighted by molar-refractivity contribution is 7.92. The Morgan fingerprint density at radius 3 is 2.14 bits per heavy atom. The average Bonchev–Trinajstić information content (AvgIpc) is 2.24. The van der Waals surface area contributed by atoms with Gasteiger partial charge < -0.3 is 15.8 Å². The summed E-state index contributed by atoms with van der Waals surface area (Å²) in [7, 11) is -2.11. The van der Waals surface area contributed by atoms with Crippen LogP contribution in [0.4, 0.5) is 16.2 Å². The zero-order chi connectivity index (χ0) is 16.4. The van der Waals surface area contributed by atoms with Crippen LogP contribution in [0.15, 0.2) is 12.1 Å². The van der Waals surface area contributed by atoms with Gasteiger partial charge in [0.25, 0.3) is 0 Å². The van der Waals surface area contributed by atoms with Crippen LogP contribution in [0.25, 0.3) is 0 Å². The number of carbonyl (C=O) groups is 1. The fourth-order valence-electron chi connectivity index (χ4n) is 1.78. The number of methoxy groups -OCH3 is 1. The lowest BCUT2D eigenvalue weighted by Crippen LogP contribution is -2.21. The number of carbonyl (C=O) groups excluding carboxylic acids is 1. The summed E-state index contributed by atoms with van der Waals surface area (Å²) in [6.07, 6.45) is 1.04. The molecule has 0 aliphatic heterocycles. The molecule has 118 valence electrons. The number of hydrogen-bond acceptors (Lipinski definition) is 4. The van der Waals surface area contributed by atoms with E-state index in [-0.39, 0.29) is 16.9 Å². The highest BCUT2D eigenvalue weighted by Crippen LogP contribution is 2.38. The van der Waals surface area contributed by atoms with Gasteiger partial charge in [-0.3, -0.25) is 4.72 Å². The maximum Gasteiger partial charge on any atom is 0.316 e. The van der Waals surface area contributed by atoms with Gasteiger partial charge in [0.05, 0.1) is 24.7 Å². The predicted octanol–water partition coefficient (Wildman–Crippen LogP) is 1.85. The van der Waals surface area contributed by atoms with E-state index in [4.69, 9.17) is 10.5 Å². The van der Waals surface area contributed by atoms with Gasteiger partial charge in [0.2, 0.25) is 10.0 Å². The van der Waals surface area contributed by atoms with E-state index < -0.39 is 16.1 Å². The number of hydrogen-bond donors (Lipinski definition) is 3. The van der Waals surface area contributed by atoms with E-state index in [1.54, 1.807) is 12.1 Å². The van der Waals surface area contributed by atoms with Crippen molar-refractivity contribution in [2.75, 3.05) is 23.4 Å². The highest BCUT2D eigenvalue weighted by Gasteiger charge is 2.21. The lowest BCUT2D eigenvalue weighted by Gasteiger charge is -2.23. The molecule has 1 aromatic rings. The molecule has 0 atom stereocenters. The van der Waals surface area contributed by atoms with Crippen molar-refractivity contribution in [1.82, 2.24) is 0 Å². The van der Waals surface area contributed by atoms with E-state index in [0.29, 0.717) is 5.69 Å². The van der Waals surface area contributed by atoms with Gasteiger partial charge in [0.15, 0.2) is 5.75 Å².